The molecule has 0 spiro atoms. The fraction of sp³-hybridized carbons (Fsp3) is 0.417. The van der Waals surface area contributed by atoms with Crippen LogP contribution in [0, 0.1) is 28.1 Å². The second-order valence-corrected chi connectivity index (χ2v) is 3.28. The van der Waals surface area contributed by atoms with Gasteiger partial charge in [0.1, 0.15) is 6.61 Å². The van der Waals surface area contributed by atoms with Gasteiger partial charge in [-0.05, 0) is 12.8 Å². The van der Waals surface area contributed by atoms with E-state index < -0.39 is 5.41 Å². The third kappa shape index (κ3) is 4.97. The van der Waals surface area contributed by atoms with Crippen molar-refractivity contribution in [3.8, 4) is 12.1 Å². The third-order valence-corrected chi connectivity index (χ3v) is 1.94. The first kappa shape index (κ1) is 13.9. The predicted octanol–water partition coefficient (Wildman–Crippen LogP) is 2.11. The van der Waals surface area contributed by atoms with E-state index in [1.54, 1.807) is 18.2 Å². The van der Waals surface area contributed by atoms with Crippen LogP contribution in [0.4, 0.5) is 0 Å². The molecular weight excluding hydrogens is 204 g/mol. The first-order valence-electron chi connectivity index (χ1n) is 4.82. The number of nitriles is 2. The lowest BCUT2D eigenvalue weighted by molar-refractivity contribution is -0.139. The number of ether oxygens (including phenoxy) is 1. The van der Waals surface area contributed by atoms with Crippen LogP contribution < -0.4 is 0 Å². The highest BCUT2D eigenvalue weighted by Crippen LogP contribution is 2.25. The van der Waals surface area contributed by atoms with Gasteiger partial charge in [-0.1, -0.05) is 18.2 Å². The molecular formula is C12H14N2O2. The molecule has 0 bridgehead atoms. The van der Waals surface area contributed by atoms with Gasteiger partial charge in [0.2, 0.25) is 0 Å². The lowest BCUT2D eigenvalue weighted by Crippen LogP contribution is -2.13. The average molecular weight is 218 g/mol. The number of esters is 1. The van der Waals surface area contributed by atoms with Crippen LogP contribution in [0.5, 0.6) is 0 Å². The average Bonchev–Trinajstić information content (AvgIpc) is 2.27. The van der Waals surface area contributed by atoms with Crippen molar-refractivity contribution in [1.29, 1.82) is 10.5 Å². The lowest BCUT2D eigenvalue weighted by atomic mass is 9.84. The summed E-state index contributed by atoms with van der Waals surface area (Å²) in [5.41, 5.74) is -1.06. The molecule has 0 aliphatic carbocycles. The summed E-state index contributed by atoms with van der Waals surface area (Å²) < 4.78 is 4.67. The van der Waals surface area contributed by atoms with E-state index in [0.717, 1.165) is 0 Å². The molecule has 0 radical (unpaired) electrons. The first-order valence-corrected chi connectivity index (χ1v) is 4.82. The second-order valence-electron chi connectivity index (χ2n) is 3.28. The Labute approximate surface area is 95.4 Å². The molecule has 0 aliphatic rings. The van der Waals surface area contributed by atoms with E-state index in [9.17, 15) is 4.79 Å². The summed E-state index contributed by atoms with van der Waals surface area (Å²) in [6.07, 6.45) is 5.45. The van der Waals surface area contributed by atoms with Crippen LogP contribution in [0.3, 0.4) is 0 Å². The third-order valence-electron chi connectivity index (χ3n) is 1.94. The molecule has 0 N–H and O–H groups in total. The van der Waals surface area contributed by atoms with Gasteiger partial charge in [0.15, 0.2) is 5.41 Å². The molecule has 0 atom stereocenters. The van der Waals surface area contributed by atoms with Crippen LogP contribution in [-0.4, -0.2) is 12.6 Å². The van der Waals surface area contributed by atoms with E-state index in [4.69, 9.17) is 10.5 Å². The SMILES string of the molecule is C=CCC(C#N)(C#N)C/C=C/COC(C)=O. The van der Waals surface area contributed by atoms with Crippen LogP contribution in [-0.2, 0) is 9.53 Å². The highest BCUT2D eigenvalue weighted by atomic mass is 16.5. The lowest BCUT2D eigenvalue weighted by Gasteiger charge is -2.13. The zero-order valence-electron chi connectivity index (χ0n) is 9.27. The molecule has 0 aliphatic heterocycles. The van der Waals surface area contributed by atoms with Crippen LogP contribution in [0.1, 0.15) is 19.8 Å². The number of hydrogen-bond acceptors (Lipinski definition) is 4. The zero-order chi connectivity index (χ0) is 12.4. The smallest absolute Gasteiger partial charge is 0.302 e. The maximum atomic E-state index is 10.4. The van der Waals surface area contributed by atoms with Crippen molar-refractivity contribution in [2.24, 2.45) is 5.41 Å². The molecule has 0 unspecified atom stereocenters. The van der Waals surface area contributed by atoms with Crippen molar-refractivity contribution in [3.05, 3.63) is 24.8 Å². The highest BCUT2D eigenvalue weighted by Gasteiger charge is 2.26. The minimum atomic E-state index is -1.06. The van der Waals surface area contributed by atoms with Crippen molar-refractivity contribution in [3.63, 3.8) is 0 Å². The normalized spacial score (nSPS) is 10.4. The zero-order valence-corrected chi connectivity index (χ0v) is 9.27. The van der Waals surface area contributed by atoms with Crippen molar-refractivity contribution in [1.82, 2.24) is 0 Å². The van der Waals surface area contributed by atoms with Crippen LogP contribution in [0.25, 0.3) is 0 Å². The molecule has 4 heteroatoms. The van der Waals surface area contributed by atoms with Gasteiger partial charge in [-0.15, -0.1) is 6.58 Å². The predicted molar refractivity (Wildman–Crippen MR) is 58.9 cm³/mol. The van der Waals surface area contributed by atoms with E-state index in [-0.39, 0.29) is 12.6 Å². The summed E-state index contributed by atoms with van der Waals surface area (Å²) in [5.74, 6) is -0.359. The summed E-state index contributed by atoms with van der Waals surface area (Å²) in [5, 5.41) is 17.8. The van der Waals surface area contributed by atoms with Gasteiger partial charge >= 0.3 is 5.97 Å². The largest absolute Gasteiger partial charge is 0.462 e. The topological polar surface area (TPSA) is 73.9 Å². The fourth-order valence-electron chi connectivity index (χ4n) is 1.06. The standard InChI is InChI=1S/C12H14N2O2/c1-3-6-12(9-13,10-14)7-4-5-8-16-11(2)15/h3-5H,1,6-8H2,2H3/b5-4+. The Kier molecular flexibility index (Phi) is 6.31. The number of carbonyl (C=O) groups excluding carboxylic acids is 1. The van der Waals surface area contributed by atoms with Gasteiger partial charge in [0, 0.05) is 6.92 Å². The number of hydrogen-bond donors (Lipinski definition) is 0. The Morgan fingerprint density at radius 2 is 2.00 bits per heavy atom. The van der Waals surface area contributed by atoms with Crippen LogP contribution in [0.15, 0.2) is 24.8 Å². The van der Waals surface area contributed by atoms with Gasteiger partial charge in [-0.2, -0.15) is 10.5 Å². The van der Waals surface area contributed by atoms with Crippen molar-refractivity contribution >= 4 is 5.97 Å². The minimum Gasteiger partial charge on any atom is -0.462 e. The number of nitrogens with zero attached hydrogens (tertiary/aromatic N) is 2. The number of allylic oxidation sites excluding steroid dienone is 2. The Morgan fingerprint density at radius 3 is 2.44 bits per heavy atom. The van der Waals surface area contributed by atoms with Gasteiger partial charge < -0.3 is 4.74 Å². The van der Waals surface area contributed by atoms with E-state index in [0.29, 0.717) is 12.8 Å². The summed E-state index contributed by atoms with van der Waals surface area (Å²) in [7, 11) is 0. The maximum Gasteiger partial charge on any atom is 0.302 e. The summed E-state index contributed by atoms with van der Waals surface area (Å²) in [6, 6.07) is 3.95. The Bertz CT molecular complexity index is 344. The van der Waals surface area contributed by atoms with Gasteiger partial charge in [-0.3, -0.25) is 4.79 Å². The van der Waals surface area contributed by atoms with Crippen LogP contribution in [0.2, 0.25) is 0 Å². The molecule has 0 heterocycles. The summed E-state index contributed by atoms with van der Waals surface area (Å²) in [6.45, 7) is 5.00. The molecule has 0 amide bonds. The molecule has 4 nitrogen and oxygen atoms in total. The quantitative estimate of drug-likeness (QED) is 0.505. The molecule has 84 valence electrons. The minimum absolute atomic E-state index is 0.163. The van der Waals surface area contributed by atoms with E-state index >= 15 is 0 Å². The maximum absolute atomic E-state index is 10.4. The van der Waals surface area contributed by atoms with Gasteiger partial charge in [0.05, 0.1) is 12.1 Å². The van der Waals surface area contributed by atoms with Gasteiger partial charge in [-0.25, -0.2) is 0 Å². The number of carbonyl (C=O) groups is 1. The molecule has 16 heavy (non-hydrogen) atoms. The molecule has 0 fully saturated rings. The molecule has 0 rings (SSSR count). The Balaban J connectivity index is 4.24. The van der Waals surface area contributed by atoms with Crippen molar-refractivity contribution in [2.45, 2.75) is 19.8 Å². The second kappa shape index (κ2) is 7.25. The molecule has 0 aromatic rings. The van der Waals surface area contributed by atoms with Crippen LogP contribution >= 0.6 is 0 Å². The van der Waals surface area contributed by atoms with E-state index in [1.807, 2.05) is 12.1 Å². The monoisotopic (exact) mass is 218 g/mol. The van der Waals surface area contributed by atoms with Gasteiger partial charge in [0.25, 0.3) is 0 Å². The highest BCUT2D eigenvalue weighted by molar-refractivity contribution is 5.65. The van der Waals surface area contributed by atoms with Crippen molar-refractivity contribution in [2.75, 3.05) is 6.61 Å². The molecule has 0 saturated carbocycles. The first-order chi connectivity index (χ1) is 7.60. The molecule has 0 aromatic carbocycles. The molecule has 0 saturated heterocycles. The van der Waals surface area contributed by atoms with E-state index in [1.165, 1.54) is 6.92 Å². The fourth-order valence-corrected chi connectivity index (χ4v) is 1.06. The van der Waals surface area contributed by atoms with E-state index in [2.05, 4.69) is 11.3 Å². The summed E-state index contributed by atoms with van der Waals surface area (Å²) >= 11 is 0. The Morgan fingerprint density at radius 1 is 1.38 bits per heavy atom. The van der Waals surface area contributed by atoms with Crippen molar-refractivity contribution < 1.29 is 9.53 Å². The Hall–Kier alpha value is -2.07. The summed E-state index contributed by atoms with van der Waals surface area (Å²) in [4.78, 5) is 10.4. The number of rotatable bonds is 6. The molecule has 0 aromatic heterocycles.